The molecule has 6 nitrogen and oxygen atoms in total. The Hall–Kier alpha value is -1.31. The van der Waals surface area contributed by atoms with Gasteiger partial charge in [0.05, 0.1) is 17.5 Å². The number of carbonyl (C=O) groups excluding carboxylic acids is 1. The van der Waals surface area contributed by atoms with E-state index in [2.05, 4.69) is 10.0 Å². The lowest BCUT2D eigenvalue weighted by Crippen LogP contribution is -2.38. The minimum absolute atomic E-state index is 0. The van der Waals surface area contributed by atoms with Crippen molar-refractivity contribution < 1.29 is 13.2 Å². The Bertz CT molecular complexity index is 600. The van der Waals surface area contributed by atoms with Crippen LogP contribution in [0.5, 0.6) is 0 Å². The van der Waals surface area contributed by atoms with Gasteiger partial charge in [-0.15, -0.1) is 12.4 Å². The highest BCUT2D eigenvalue weighted by Crippen LogP contribution is 2.20. The number of para-hydroxylation sites is 1. The normalized spacial score (nSPS) is 17.9. The van der Waals surface area contributed by atoms with Crippen molar-refractivity contribution >= 4 is 34.0 Å². The van der Waals surface area contributed by atoms with Gasteiger partial charge in [-0.05, 0) is 25.1 Å². The van der Waals surface area contributed by atoms with Crippen LogP contribution >= 0.6 is 12.4 Å². The zero-order valence-electron chi connectivity index (χ0n) is 12.0. The van der Waals surface area contributed by atoms with E-state index < -0.39 is 10.0 Å². The number of benzene rings is 1. The van der Waals surface area contributed by atoms with Crippen LogP contribution in [0.2, 0.25) is 0 Å². The molecule has 8 heteroatoms. The monoisotopic (exact) mass is 333 g/mol. The molecule has 1 aromatic carbocycles. The van der Waals surface area contributed by atoms with Crippen molar-refractivity contribution in [2.45, 2.75) is 12.5 Å². The van der Waals surface area contributed by atoms with Crippen molar-refractivity contribution in [1.29, 1.82) is 0 Å². The number of sulfonamides is 1. The molecule has 0 bridgehead atoms. The van der Waals surface area contributed by atoms with Crippen LogP contribution in [0.15, 0.2) is 24.3 Å². The molecule has 1 aliphatic rings. The molecule has 1 atom stereocenters. The van der Waals surface area contributed by atoms with Gasteiger partial charge in [-0.25, -0.2) is 8.42 Å². The van der Waals surface area contributed by atoms with Gasteiger partial charge in [-0.2, -0.15) is 0 Å². The second-order valence-electron chi connectivity index (χ2n) is 4.98. The quantitative estimate of drug-likeness (QED) is 0.858. The highest BCUT2D eigenvalue weighted by atomic mass is 35.5. The lowest BCUT2D eigenvalue weighted by Gasteiger charge is -2.24. The van der Waals surface area contributed by atoms with E-state index in [4.69, 9.17) is 0 Å². The summed E-state index contributed by atoms with van der Waals surface area (Å²) >= 11 is 0. The van der Waals surface area contributed by atoms with Crippen molar-refractivity contribution in [2.75, 3.05) is 31.1 Å². The van der Waals surface area contributed by atoms with Gasteiger partial charge in [0.15, 0.2) is 0 Å². The molecule has 2 rings (SSSR count). The molecule has 0 spiro atoms. The third-order valence-electron chi connectivity index (χ3n) is 3.36. The first-order chi connectivity index (χ1) is 9.38. The lowest BCUT2D eigenvalue weighted by molar-refractivity contribution is 0.0745. The summed E-state index contributed by atoms with van der Waals surface area (Å²) in [4.78, 5) is 14.2. The van der Waals surface area contributed by atoms with Crippen LogP contribution in [0.25, 0.3) is 0 Å². The number of nitrogens with one attached hydrogen (secondary N) is 2. The maximum absolute atomic E-state index is 12.5. The number of hydrogen-bond donors (Lipinski definition) is 2. The SMILES string of the molecule is CN(C(=O)c1ccccc1NS(C)(=O)=O)C1CCNC1.Cl. The Morgan fingerprint density at radius 2 is 2.05 bits per heavy atom. The molecular formula is C13H20ClN3O3S. The van der Waals surface area contributed by atoms with Crippen LogP contribution in [0.3, 0.4) is 0 Å². The van der Waals surface area contributed by atoms with Crippen LogP contribution in [0.4, 0.5) is 5.69 Å². The van der Waals surface area contributed by atoms with Gasteiger partial charge in [0.2, 0.25) is 10.0 Å². The molecule has 0 saturated carbocycles. The molecule has 1 unspecified atom stereocenters. The van der Waals surface area contributed by atoms with E-state index in [1.54, 1.807) is 36.2 Å². The van der Waals surface area contributed by atoms with Gasteiger partial charge < -0.3 is 10.2 Å². The predicted molar refractivity (Wildman–Crippen MR) is 85.5 cm³/mol. The van der Waals surface area contributed by atoms with Gasteiger partial charge in [0.1, 0.15) is 0 Å². The number of rotatable bonds is 4. The average molecular weight is 334 g/mol. The van der Waals surface area contributed by atoms with Crippen LogP contribution in [0.1, 0.15) is 16.8 Å². The number of carbonyl (C=O) groups is 1. The van der Waals surface area contributed by atoms with E-state index in [9.17, 15) is 13.2 Å². The third-order valence-corrected chi connectivity index (χ3v) is 3.95. The molecule has 118 valence electrons. The molecular weight excluding hydrogens is 314 g/mol. The largest absolute Gasteiger partial charge is 0.337 e. The Morgan fingerprint density at radius 3 is 2.62 bits per heavy atom. The Morgan fingerprint density at radius 1 is 1.38 bits per heavy atom. The number of anilines is 1. The van der Waals surface area contributed by atoms with E-state index in [1.165, 1.54) is 0 Å². The van der Waals surface area contributed by atoms with E-state index in [0.717, 1.165) is 25.8 Å². The van der Waals surface area contributed by atoms with Gasteiger partial charge in [-0.1, -0.05) is 12.1 Å². The van der Waals surface area contributed by atoms with Crippen LogP contribution < -0.4 is 10.0 Å². The first-order valence-corrected chi connectivity index (χ1v) is 8.32. The summed E-state index contributed by atoms with van der Waals surface area (Å²) in [6.07, 6.45) is 1.97. The Balaban J connectivity index is 0.00000220. The van der Waals surface area contributed by atoms with E-state index in [0.29, 0.717) is 11.3 Å². The minimum Gasteiger partial charge on any atom is -0.337 e. The second kappa shape index (κ2) is 7.11. The predicted octanol–water partition coefficient (Wildman–Crippen LogP) is 0.914. The summed E-state index contributed by atoms with van der Waals surface area (Å²) in [7, 11) is -1.66. The highest BCUT2D eigenvalue weighted by Gasteiger charge is 2.25. The number of halogens is 1. The first-order valence-electron chi connectivity index (χ1n) is 6.43. The molecule has 1 amide bonds. The number of likely N-dealkylation sites (N-methyl/N-ethyl adjacent to an activating group) is 1. The maximum Gasteiger partial charge on any atom is 0.256 e. The molecule has 2 N–H and O–H groups in total. The third kappa shape index (κ3) is 4.59. The van der Waals surface area contributed by atoms with E-state index in [-0.39, 0.29) is 24.4 Å². The lowest BCUT2D eigenvalue weighted by atomic mass is 10.1. The van der Waals surface area contributed by atoms with Crippen molar-refractivity contribution in [2.24, 2.45) is 0 Å². The van der Waals surface area contributed by atoms with Crippen molar-refractivity contribution in [3.63, 3.8) is 0 Å². The summed E-state index contributed by atoms with van der Waals surface area (Å²) in [5.41, 5.74) is 0.685. The number of amides is 1. The van der Waals surface area contributed by atoms with E-state index >= 15 is 0 Å². The molecule has 1 aliphatic heterocycles. The van der Waals surface area contributed by atoms with Crippen molar-refractivity contribution in [3.05, 3.63) is 29.8 Å². The molecule has 1 aromatic rings. The molecule has 0 aliphatic carbocycles. The smallest absolute Gasteiger partial charge is 0.256 e. The summed E-state index contributed by atoms with van der Waals surface area (Å²) in [6, 6.07) is 6.79. The van der Waals surface area contributed by atoms with Crippen molar-refractivity contribution in [1.82, 2.24) is 10.2 Å². The Kier molecular flexibility index (Phi) is 6.00. The number of nitrogens with zero attached hydrogens (tertiary/aromatic N) is 1. The van der Waals surface area contributed by atoms with Crippen molar-refractivity contribution in [3.8, 4) is 0 Å². The van der Waals surface area contributed by atoms with Gasteiger partial charge in [0.25, 0.3) is 5.91 Å². The van der Waals surface area contributed by atoms with Crippen LogP contribution in [0, 0.1) is 0 Å². The molecule has 0 radical (unpaired) electrons. The average Bonchev–Trinajstić information content (AvgIpc) is 2.89. The molecule has 1 saturated heterocycles. The summed E-state index contributed by atoms with van der Waals surface area (Å²) in [5, 5.41) is 3.21. The fraction of sp³-hybridized carbons (Fsp3) is 0.462. The molecule has 21 heavy (non-hydrogen) atoms. The molecule has 1 fully saturated rings. The fourth-order valence-corrected chi connectivity index (χ4v) is 2.86. The summed E-state index contributed by atoms with van der Waals surface area (Å²) < 4.78 is 25.1. The van der Waals surface area contributed by atoms with Gasteiger partial charge >= 0.3 is 0 Å². The van der Waals surface area contributed by atoms with Crippen LogP contribution in [-0.4, -0.2) is 51.7 Å². The highest BCUT2D eigenvalue weighted by molar-refractivity contribution is 7.92. The summed E-state index contributed by atoms with van der Waals surface area (Å²) in [6.45, 7) is 1.66. The van der Waals surface area contributed by atoms with Crippen LogP contribution in [-0.2, 0) is 10.0 Å². The second-order valence-corrected chi connectivity index (χ2v) is 6.73. The molecule has 0 aromatic heterocycles. The van der Waals surface area contributed by atoms with Gasteiger partial charge in [-0.3, -0.25) is 9.52 Å². The number of hydrogen-bond acceptors (Lipinski definition) is 4. The zero-order valence-corrected chi connectivity index (χ0v) is 13.6. The first kappa shape index (κ1) is 17.7. The van der Waals surface area contributed by atoms with Gasteiger partial charge in [0, 0.05) is 19.6 Å². The Labute approximate surface area is 131 Å². The minimum atomic E-state index is -3.41. The molecule has 1 heterocycles. The standard InChI is InChI=1S/C13H19N3O3S.ClH/c1-16(10-7-8-14-9-10)13(17)11-5-3-4-6-12(11)15-20(2,18)19;/h3-6,10,14-15H,7-9H2,1-2H3;1H. The topological polar surface area (TPSA) is 78.5 Å². The fourth-order valence-electron chi connectivity index (χ4n) is 2.28. The maximum atomic E-state index is 12.5. The summed E-state index contributed by atoms with van der Waals surface area (Å²) in [5.74, 6) is -0.176. The zero-order chi connectivity index (χ0) is 14.8. The van der Waals surface area contributed by atoms with E-state index in [1.807, 2.05) is 0 Å².